The average Bonchev–Trinajstić information content (AvgIpc) is 2.31. The highest BCUT2D eigenvalue weighted by molar-refractivity contribution is 5.76. The molecule has 0 saturated heterocycles. The van der Waals surface area contributed by atoms with E-state index in [9.17, 15) is 9.90 Å². The third kappa shape index (κ3) is 3.18. The van der Waals surface area contributed by atoms with Crippen molar-refractivity contribution in [3.63, 3.8) is 0 Å². The monoisotopic (exact) mass is 276 g/mol. The van der Waals surface area contributed by atoms with Gasteiger partial charge in [0.25, 0.3) is 0 Å². The lowest BCUT2D eigenvalue weighted by Gasteiger charge is -2.37. The molecule has 110 valence electrons. The van der Waals surface area contributed by atoms with Gasteiger partial charge in [0.1, 0.15) is 0 Å². The van der Waals surface area contributed by atoms with E-state index in [1.807, 2.05) is 12.4 Å². The molecule has 0 unspecified atom stereocenters. The number of carboxylic acid groups (broad SMARTS) is 1. The number of aromatic nitrogens is 1. The summed E-state index contributed by atoms with van der Waals surface area (Å²) in [6, 6.07) is 2.15. The zero-order valence-corrected chi connectivity index (χ0v) is 12.6. The van der Waals surface area contributed by atoms with Crippen LogP contribution < -0.4 is 5.32 Å². The van der Waals surface area contributed by atoms with Gasteiger partial charge in [0.2, 0.25) is 0 Å². The highest BCUT2D eigenvalue weighted by Gasteiger charge is 2.43. The molecule has 0 radical (unpaired) electrons. The Morgan fingerprint density at radius 3 is 2.60 bits per heavy atom. The minimum absolute atomic E-state index is 0.0826. The summed E-state index contributed by atoms with van der Waals surface area (Å²) in [5.74, 6) is -0.669. The highest BCUT2D eigenvalue weighted by atomic mass is 16.4. The Balaban J connectivity index is 1.93. The quantitative estimate of drug-likeness (QED) is 0.868. The number of carbonyl (C=O) groups is 1. The van der Waals surface area contributed by atoms with E-state index in [4.69, 9.17) is 0 Å². The molecule has 0 aromatic carbocycles. The fraction of sp³-hybridized carbons (Fsp3) is 0.625. The second kappa shape index (κ2) is 5.52. The number of pyridine rings is 1. The van der Waals surface area contributed by atoms with Gasteiger partial charge >= 0.3 is 5.97 Å². The Kier molecular flexibility index (Phi) is 4.14. The summed E-state index contributed by atoms with van der Waals surface area (Å²) in [5.41, 5.74) is 1.86. The first-order valence-corrected chi connectivity index (χ1v) is 7.22. The van der Waals surface area contributed by atoms with Crippen molar-refractivity contribution < 1.29 is 9.90 Å². The molecule has 0 aliphatic heterocycles. The molecular weight excluding hydrogens is 252 g/mol. The van der Waals surface area contributed by atoms with Crippen LogP contribution in [-0.2, 0) is 16.8 Å². The second-order valence-corrected chi connectivity index (χ2v) is 6.87. The van der Waals surface area contributed by atoms with Crippen molar-refractivity contribution in [3.8, 4) is 0 Å². The molecule has 4 nitrogen and oxygen atoms in total. The van der Waals surface area contributed by atoms with Gasteiger partial charge < -0.3 is 10.4 Å². The minimum atomic E-state index is -0.669. The summed E-state index contributed by atoms with van der Waals surface area (Å²) in [6.45, 7) is 7.70. The number of hydrogen-bond donors (Lipinski definition) is 2. The maximum atomic E-state index is 11.3. The van der Waals surface area contributed by atoms with Crippen LogP contribution >= 0.6 is 0 Å². The van der Waals surface area contributed by atoms with E-state index < -0.39 is 11.4 Å². The summed E-state index contributed by atoms with van der Waals surface area (Å²) < 4.78 is 0. The van der Waals surface area contributed by atoms with Crippen LogP contribution in [-0.4, -0.2) is 22.6 Å². The first kappa shape index (κ1) is 15.0. The second-order valence-electron chi connectivity index (χ2n) is 6.87. The molecule has 0 spiro atoms. The van der Waals surface area contributed by atoms with Gasteiger partial charge in [-0.3, -0.25) is 9.78 Å². The molecule has 0 atom stereocenters. The Morgan fingerprint density at radius 1 is 1.40 bits per heavy atom. The molecule has 1 saturated carbocycles. The molecule has 1 heterocycles. The number of rotatable bonds is 5. The molecule has 0 bridgehead atoms. The summed E-state index contributed by atoms with van der Waals surface area (Å²) in [7, 11) is 0. The van der Waals surface area contributed by atoms with Gasteiger partial charge in [-0.2, -0.15) is 0 Å². The van der Waals surface area contributed by atoms with Crippen molar-refractivity contribution in [2.45, 2.75) is 52.0 Å². The van der Waals surface area contributed by atoms with Crippen molar-refractivity contribution in [2.24, 2.45) is 5.41 Å². The Labute approximate surface area is 120 Å². The van der Waals surface area contributed by atoms with Gasteiger partial charge in [0.15, 0.2) is 0 Å². The van der Waals surface area contributed by atoms with Crippen molar-refractivity contribution in [3.05, 3.63) is 29.6 Å². The molecule has 0 amide bonds. The Bertz CT molecular complexity index is 487. The molecule has 1 fully saturated rings. The summed E-state index contributed by atoms with van der Waals surface area (Å²) in [6.07, 6.45) is 6.34. The lowest BCUT2D eigenvalue weighted by atomic mass is 9.69. The molecule has 4 heteroatoms. The summed E-state index contributed by atoms with van der Waals surface area (Å²) in [5, 5.41) is 12.6. The third-order valence-electron chi connectivity index (χ3n) is 4.22. The van der Waals surface area contributed by atoms with Gasteiger partial charge in [-0.15, -0.1) is 0 Å². The lowest BCUT2D eigenvalue weighted by molar-refractivity contribution is -0.154. The molecule has 1 aromatic heterocycles. The van der Waals surface area contributed by atoms with Crippen LogP contribution in [0.1, 0.15) is 51.2 Å². The van der Waals surface area contributed by atoms with Crippen molar-refractivity contribution in [1.29, 1.82) is 0 Å². The maximum absolute atomic E-state index is 11.3. The Hall–Kier alpha value is -1.42. The SMILES string of the molecule is CC(C)(C)c1cncc(CNCC2(C(=O)O)CCC2)c1. The molecular formula is C16H24N2O2. The fourth-order valence-corrected chi connectivity index (χ4v) is 2.51. The maximum Gasteiger partial charge on any atom is 0.310 e. The normalized spacial score (nSPS) is 17.6. The standard InChI is InChI=1S/C16H24N2O2/c1-15(2,3)13-7-12(8-17-10-13)9-18-11-16(14(19)20)5-4-6-16/h7-8,10,18H,4-6,9,11H2,1-3H3,(H,19,20). The van der Waals surface area contributed by atoms with Crippen LogP contribution in [0.25, 0.3) is 0 Å². The zero-order valence-electron chi connectivity index (χ0n) is 12.6. The molecule has 1 aromatic rings. The lowest BCUT2D eigenvalue weighted by Crippen LogP contribution is -2.46. The van der Waals surface area contributed by atoms with Crippen LogP contribution in [0.2, 0.25) is 0 Å². The smallest absolute Gasteiger partial charge is 0.310 e. The Morgan fingerprint density at radius 2 is 2.10 bits per heavy atom. The van der Waals surface area contributed by atoms with E-state index in [1.165, 1.54) is 5.56 Å². The third-order valence-corrected chi connectivity index (χ3v) is 4.22. The largest absolute Gasteiger partial charge is 0.481 e. The highest BCUT2D eigenvalue weighted by Crippen LogP contribution is 2.40. The predicted octanol–water partition coefficient (Wildman–Crippen LogP) is 2.72. The number of hydrogen-bond acceptors (Lipinski definition) is 3. The van der Waals surface area contributed by atoms with Crippen LogP contribution in [0.4, 0.5) is 0 Å². The van der Waals surface area contributed by atoms with E-state index in [1.54, 1.807) is 0 Å². The molecule has 1 aliphatic carbocycles. The van der Waals surface area contributed by atoms with Crippen LogP contribution in [0.5, 0.6) is 0 Å². The van der Waals surface area contributed by atoms with Crippen LogP contribution in [0.3, 0.4) is 0 Å². The number of nitrogens with one attached hydrogen (secondary N) is 1. The molecule has 2 N–H and O–H groups in total. The van der Waals surface area contributed by atoms with E-state index in [-0.39, 0.29) is 5.41 Å². The van der Waals surface area contributed by atoms with Crippen molar-refractivity contribution >= 4 is 5.97 Å². The number of carboxylic acids is 1. The zero-order chi connectivity index (χ0) is 14.8. The minimum Gasteiger partial charge on any atom is -0.481 e. The van der Waals surface area contributed by atoms with Crippen molar-refractivity contribution in [1.82, 2.24) is 10.3 Å². The topological polar surface area (TPSA) is 62.2 Å². The summed E-state index contributed by atoms with van der Waals surface area (Å²) >= 11 is 0. The average molecular weight is 276 g/mol. The predicted molar refractivity (Wildman–Crippen MR) is 78.6 cm³/mol. The molecule has 2 rings (SSSR count). The number of aliphatic carboxylic acids is 1. The van der Waals surface area contributed by atoms with Crippen molar-refractivity contribution in [2.75, 3.05) is 6.54 Å². The van der Waals surface area contributed by atoms with Gasteiger partial charge in [-0.25, -0.2) is 0 Å². The van der Waals surface area contributed by atoms with E-state index in [0.717, 1.165) is 24.8 Å². The first-order chi connectivity index (χ1) is 9.33. The van der Waals surface area contributed by atoms with E-state index in [2.05, 4.69) is 37.1 Å². The van der Waals surface area contributed by atoms with Crippen LogP contribution in [0, 0.1) is 5.41 Å². The van der Waals surface area contributed by atoms with E-state index >= 15 is 0 Å². The molecule has 20 heavy (non-hydrogen) atoms. The molecule has 1 aliphatic rings. The van der Waals surface area contributed by atoms with Gasteiger partial charge in [0, 0.05) is 25.5 Å². The number of nitrogens with zero attached hydrogens (tertiary/aromatic N) is 1. The van der Waals surface area contributed by atoms with Gasteiger partial charge in [0.05, 0.1) is 5.41 Å². The van der Waals surface area contributed by atoms with Gasteiger partial charge in [-0.1, -0.05) is 33.3 Å². The first-order valence-electron chi connectivity index (χ1n) is 7.22. The summed E-state index contributed by atoms with van der Waals surface area (Å²) in [4.78, 5) is 15.6. The van der Waals surface area contributed by atoms with Crippen LogP contribution in [0.15, 0.2) is 18.5 Å². The fourth-order valence-electron chi connectivity index (χ4n) is 2.51. The van der Waals surface area contributed by atoms with E-state index in [0.29, 0.717) is 13.1 Å². The van der Waals surface area contributed by atoms with Gasteiger partial charge in [-0.05, 0) is 29.4 Å².